The quantitative estimate of drug-likeness (QED) is 0.755. The Labute approximate surface area is 112 Å². The van der Waals surface area contributed by atoms with Gasteiger partial charge in [-0.2, -0.15) is 5.10 Å². The molecule has 1 aromatic carbocycles. The number of hydrogen-bond acceptors (Lipinski definition) is 5. The molecule has 0 spiro atoms. The van der Waals surface area contributed by atoms with Gasteiger partial charge in [-0.25, -0.2) is 9.37 Å². The Balaban J connectivity index is 2.22. The predicted molar refractivity (Wildman–Crippen MR) is 72.9 cm³/mol. The maximum Gasteiger partial charge on any atom is 0.167 e. The van der Waals surface area contributed by atoms with Gasteiger partial charge in [0.25, 0.3) is 0 Å². The smallest absolute Gasteiger partial charge is 0.167 e. The van der Waals surface area contributed by atoms with Gasteiger partial charge in [0, 0.05) is 17.8 Å². The number of thiazole rings is 1. The van der Waals surface area contributed by atoms with Gasteiger partial charge in [0.1, 0.15) is 5.01 Å². The third-order valence-corrected chi connectivity index (χ3v) is 3.89. The Morgan fingerprint density at radius 2 is 2.21 bits per heavy atom. The van der Waals surface area contributed by atoms with Crippen molar-refractivity contribution in [2.75, 3.05) is 12.8 Å². The van der Waals surface area contributed by atoms with Gasteiger partial charge in [-0.15, -0.1) is 11.3 Å². The predicted octanol–water partition coefficient (Wildman–Crippen LogP) is 2.72. The van der Waals surface area contributed by atoms with Crippen LogP contribution in [-0.4, -0.2) is 22.3 Å². The Hall–Kier alpha value is -2.15. The molecule has 0 atom stereocenters. The van der Waals surface area contributed by atoms with E-state index >= 15 is 0 Å². The molecule has 0 unspecified atom stereocenters. The van der Waals surface area contributed by atoms with Gasteiger partial charge in [-0.1, -0.05) is 0 Å². The summed E-state index contributed by atoms with van der Waals surface area (Å²) < 4.78 is 19.4. The summed E-state index contributed by atoms with van der Waals surface area (Å²) in [5.41, 5.74) is 7.99. The van der Waals surface area contributed by atoms with Crippen LogP contribution in [0.25, 0.3) is 20.8 Å². The highest BCUT2D eigenvalue weighted by Crippen LogP contribution is 2.36. The van der Waals surface area contributed by atoms with E-state index in [0.29, 0.717) is 16.3 Å². The number of aryl methyl sites for hydroxylation is 1. The number of nitrogens with one attached hydrogen (secondary N) is 1. The summed E-state index contributed by atoms with van der Waals surface area (Å²) in [7, 11) is 1.43. The van der Waals surface area contributed by atoms with Crippen molar-refractivity contribution in [2.24, 2.45) is 0 Å². The van der Waals surface area contributed by atoms with Crippen LogP contribution < -0.4 is 10.5 Å². The molecule has 3 rings (SSSR count). The molecule has 7 heteroatoms. The summed E-state index contributed by atoms with van der Waals surface area (Å²) in [6, 6.07) is 3.00. The molecule has 0 aliphatic heterocycles. The Morgan fingerprint density at radius 1 is 1.42 bits per heavy atom. The van der Waals surface area contributed by atoms with Gasteiger partial charge in [0.05, 0.1) is 22.9 Å². The summed E-state index contributed by atoms with van der Waals surface area (Å²) >= 11 is 1.42. The third kappa shape index (κ3) is 1.82. The van der Waals surface area contributed by atoms with Crippen LogP contribution in [0.15, 0.2) is 12.1 Å². The number of nitrogen functional groups attached to an aromatic ring is 1. The minimum atomic E-state index is -0.427. The van der Waals surface area contributed by atoms with Crippen molar-refractivity contribution in [3.63, 3.8) is 0 Å². The molecule has 5 nitrogen and oxygen atoms in total. The number of aromatic nitrogens is 3. The number of halogens is 1. The number of rotatable bonds is 2. The molecule has 0 bridgehead atoms. The first kappa shape index (κ1) is 11.9. The van der Waals surface area contributed by atoms with Crippen LogP contribution in [0.2, 0.25) is 0 Å². The first-order chi connectivity index (χ1) is 9.10. The van der Waals surface area contributed by atoms with E-state index in [-0.39, 0.29) is 5.75 Å². The molecule has 0 aliphatic rings. The van der Waals surface area contributed by atoms with Gasteiger partial charge in [-0.05, 0) is 6.92 Å². The monoisotopic (exact) mass is 278 g/mol. The highest BCUT2D eigenvalue weighted by Gasteiger charge is 2.16. The first-order valence-corrected chi connectivity index (χ1v) is 6.36. The fourth-order valence-corrected chi connectivity index (χ4v) is 3.00. The zero-order valence-corrected chi connectivity index (χ0v) is 11.1. The summed E-state index contributed by atoms with van der Waals surface area (Å²) in [5.74, 6) is 0.173. The Kier molecular flexibility index (Phi) is 2.63. The Bertz CT molecular complexity index is 745. The second-order valence-corrected chi connectivity index (χ2v) is 5.11. The number of fused-ring (bicyclic) bond motifs is 1. The van der Waals surface area contributed by atoms with E-state index in [9.17, 15) is 4.39 Å². The van der Waals surface area contributed by atoms with Gasteiger partial charge >= 0.3 is 0 Å². The number of aromatic amines is 1. The first-order valence-electron chi connectivity index (χ1n) is 5.55. The van der Waals surface area contributed by atoms with Crippen LogP contribution in [0.3, 0.4) is 0 Å². The van der Waals surface area contributed by atoms with E-state index in [1.807, 2.05) is 6.92 Å². The molecular formula is C12H11FN4OS. The number of ether oxygens (including phenoxy) is 1. The minimum absolute atomic E-state index is 0.208. The van der Waals surface area contributed by atoms with Crippen molar-refractivity contribution in [2.45, 2.75) is 6.92 Å². The second-order valence-electron chi connectivity index (χ2n) is 4.08. The van der Waals surface area contributed by atoms with Crippen molar-refractivity contribution >= 4 is 27.4 Å². The van der Waals surface area contributed by atoms with Gasteiger partial charge in [0.2, 0.25) is 0 Å². The molecule has 3 N–H and O–H groups in total. The molecule has 19 heavy (non-hydrogen) atoms. The third-order valence-electron chi connectivity index (χ3n) is 2.85. The molecule has 3 aromatic rings. The van der Waals surface area contributed by atoms with Crippen LogP contribution in [0.4, 0.5) is 10.2 Å². The number of benzene rings is 1. The average Bonchev–Trinajstić information content (AvgIpc) is 2.91. The number of H-pyrrole nitrogens is 1. The van der Waals surface area contributed by atoms with E-state index in [2.05, 4.69) is 15.2 Å². The average molecular weight is 278 g/mol. The molecule has 0 aliphatic carbocycles. The standard InChI is InChI=1S/C12H11FN4OS/c1-5-10(11(14)17-16-5)12-15-7-3-6(13)8(18-2)4-9(7)19-12/h3-4H,1-2H3,(H3,14,16,17). The summed E-state index contributed by atoms with van der Waals surface area (Å²) in [4.78, 5) is 4.40. The number of nitrogens with two attached hydrogens (primary N) is 1. The largest absolute Gasteiger partial charge is 0.494 e. The van der Waals surface area contributed by atoms with Crippen LogP contribution in [0, 0.1) is 12.7 Å². The molecule has 0 saturated heterocycles. The van der Waals surface area contributed by atoms with E-state index in [4.69, 9.17) is 10.5 Å². The van der Waals surface area contributed by atoms with E-state index in [1.165, 1.54) is 24.5 Å². The summed E-state index contributed by atoms with van der Waals surface area (Å²) in [6.45, 7) is 1.87. The van der Waals surface area contributed by atoms with E-state index in [1.54, 1.807) is 6.07 Å². The maximum absolute atomic E-state index is 13.6. The molecule has 0 radical (unpaired) electrons. The normalized spacial score (nSPS) is 11.1. The molecule has 2 aromatic heterocycles. The fraction of sp³-hybridized carbons (Fsp3) is 0.167. The number of anilines is 1. The van der Waals surface area contributed by atoms with Crippen molar-refractivity contribution in [3.05, 3.63) is 23.6 Å². The maximum atomic E-state index is 13.6. The van der Waals surface area contributed by atoms with Crippen LogP contribution in [-0.2, 0) is 0 Å². The SMILES string of the molecule is COc1cc2sc(-c3c(N)n[nH]c3C)nc2cc1F. The van der Waals surface area contributed by atoms with Crippen LogP contribution in [0.1, 0.15) is 5.69 Å². The second kappa shape index (κ2) is 4.20. The van der Waals surface area contributed by atoms with Crippen molar-refractivity contribution in [1.82, 2.24) is 15.2 Å². The Morgan fingerprint density at radius 3 is 2.84 bits per heavy atom. The molecule has 2 heterocycles. The molecule has 0 amide bonds. The topological polar surface area (TPSA) is 76.8 Å². The minimum Gasteiger partial charge on any atom is -0.494 e. The zero-order chi connectivity index (χ0) is 13.6. The number of methoxy groups -OCH3 is 1. The molecule has 0 saturated carbocycles. The van der Waals surface area contributed by atoms with Crippen molar-refractivity contribution in [1.29, 1.82) is 0 Å². The highest BCUT2D eigenvalue weighted by molar-refractivity contribution is 7.21. The van der Waals surface area contributed by atoms with Crippen molar-refractivity contribution < 1.29 is 9.13 Å². The van der Waals surface area contributed by atoms with Crippen LogP contribution in [0.5, 0.6) is 5.75 Å². The summed E-state index contributed by atoms with van der Waals surface area (Å²) in [5, 5.41) is 7.46. The lowest BCUT2D eigenvalue weighted by atomic mass is 10.2. The van der Waals surface area contributed by atoms with E-state index in [0.717, 1.165) is 16.0 Å². The van der Waals surface area contributed by atoms with Gasteiger partial charge in [0.15, 0.2) is 17.4 Å². The zero-order valence-electron chi connectivity index (χ0n) is 10.3. The molecule has 98 valence electrons. The molecule has 0 fully saturated rings. The highest BCUT2D eigenvalue weighted by atomic mass is 32.1. The molecular weight excluding hydrogens is 267 g/mol. The van der Waals surface area contributed by atoms with Gasteiger partial charge in [-0.3, -0.25) is 5.10 Å². The summed E-state index contributed by atoms with van der Waals surface area (Å²) in [6.07, 6.45) is 0. The van der Waals surface area contributed by atoms with E-state index < -0.39 is 5.82 Å². The number of nitrogens with zero attached hydrogens (tertiary/aromatic N) is 2. The van der Waals surface area contributed by atoms with Crippen molar-refractivity contribution in [3.8, 4) is 16.3 Å². The fourth-order valence-electron chi connectivity index (χ4n) is 1.91. The van der Waals surface area contributed by atoms with Crippen LogP contribution >= 0.6 is 11.3 Å². The lowest BCUT2D eigenvalue weighted by Crippen LogP contribution is -1.88. The lowest BCUT2D eigenvalue weighted by Gasteiger charge is -1.99. The lowest BCUT2D eigenvalue weighted by molar-refractivity contribution is 0.387. The number of hydrogen-bond donors (Lipinski definition) is 2. The van der Waals surface area contributed by atoms with Gasteiger partial charge < -0.3 is 10.5 Å².